The Bertz CT molecular complexity index is 155. The molecule has 0 aliphatic carbocycles. The zero-order chi connectivity index (χ0) is 7.71. The minimum atomic E-state index is -5.68. The zero-order valence-electron chi connectivity index (χ0n) is 5.17. The molecule has 7 nitrogen and oxygen atoms in total. The first-order chi connectivity index (χ1) is 3.71. The van der Waals surface area contributed by atoms with Crippen molar-refractivity contribution in [3.63, 3.8) is 0 Å². The van der Waals surface area contributed by atoms with Crippen molar-refractivity contribution in [1.82, 2.24) is 0 Å². The molecule has 0 aromatic carbocycles. The zero-order valence-corrected chi connectivity index (χ0v) is 18.0. The molecule has 0 fully saturated rings. The Labute approximate surface area is 103 Å². The van der Waals surface area contributed by atoms with E-state index in [-0.39, 0.29) is 55.3 Å². The van der Waals surface area contributed by atoms with E-state index in [2.05, 4.69) is 4.31 Å². The van der Waals surface area contributed by atoms with Gasteiger partial charge in [-0.2, -0.15) is 0 Å². The molecule has 0 spiro atoms. The summed E-state index contributed by atoms with van der Waals surface area (Å²) in [4.78, 5) is 37.3. The van der Waals surface area contributed by atoms with Gasteiger partial charge in [0.2, 0.25) is 0 Å². The maximum absolute atomic E-state index is 9.32. The summed E-state index contributed by atoms with van der Waals surface area (Å²) in [6, 6.07) is 0. The van der Waals surface area contributed by atoms with Crippen LogP contribution in [0.1, 0.15) is 0 Å². The van der Waals surface area contributed by atoms with E-state index >= 15 is 0 Å². The maximum Gasteiger partial charge on any atom is 2.00 e. The molecular formula is Hg2O7P2. The van der Waals surface area contributed by atoms with E-state index in [0.29, 0.717) is 0 Å². The van der Waals surface area contributed by atoms with Crippen molar-refractivity contribution >= 4 is 15.6 Å². The van der Waals surface area contributed by atoms with Crippen LogP contribution in [0.2, 0.25) is 0 Å². The van der Waals surface area contributed by atoms with E-state index in [9.17, 15) is 28.7 Å². The number of rotatable bonds is 2. The van der Waals surface area contributed by atoms with Crippen LogP contribution in [0.3, 0.4) is 0 Å². The fourth-order valence-electron chi connectivity index (χ4n) is 0.122. The van der Waals surface area contributed by atoms with E-state index in [1.165, 1.54) is 0 Å². The fraction of sp³-hybridized carbons (Fsp3) is 0. The van der Waals surface area contributed by atoms with Gasteiger partial charge in [0.25, 0.3) is 0 Å². The van der Waals surface area contributed by atoms with E-state index in [1.54, 1.807) is 0 Å². The Morgan fingerprint density at radius 3 is 1.00 bits per heavy atom. The fourth-order valence-corrected chi connectivity index (χ4v) is 1.10. The summed E-state index contributed by atoms with van der Waals surface area (Å²) in [7, 11) is -11.4. The molecule has 0 aromatic heterocycles. The SMILES string of the molecule is O=P([O-])([O-])OP(=O)([O-])[O-].[Hg+2].[Hg+2]. The molecule has 0 aliphatic rings. The Morgan fingerprint density at radius 2 is 1.00 bits per heavy atom. The second-order valence-electron chi connectivity index (χ2n) is 0.976. The molecule has 0 aromatic rings. The summed E-state index contributed by atoms with van der Waals surface area (Å²) in [5.74, 6) is 0. The Kier molecular flexibility index (Phi) is 11.2. The Hall–Kier alpha value is 2.13. The van der Waals surface area contributed by atoms with Crippen LogP contribution < -0.4 is 19.6 Å². The minimum absolute atomic E-state index is 0. The smallest absolute Gasteiger partial charge is 0.790 e. The average molecular weight is 575 g/mol. The van der Waals surface area contributed by atoms with Crippen molar-refractivity contribution in [2.24, 2.45) is 0 Å². The third-order valence-electron chi connectivity index (χ3n) is 0.200. The second-order valence-corrected chi connectivity index (χ2v) is 3.42. The molecular weight excluding hydrogens is 575 g/mol. The van der Waals surface area contributed by atoms with Crippen LogP contribution in [-0.2, 0) is 68.8 Å². The summed E-state index contributed by atoms with van der Waals surface area (Å²) in [5, 5.41) is 0. The van der Waals surface area contributed by atoms with Gasteiger partial charge in [-0.1, -0.05) is 0 Å². The van der Waals surface area contributed by atoms with Gasteiger partial charge in [-0.3, -0.25) is 0 Å². The molecule has 0 saturated heterocycles. The van der Waals surface area contributed by atoms with Gasteiger partial charge in [-0.15, -0.1) is 0 Å². The molecule has 0 unspecified atom stereocenters. The standard InChI is InChI=1S/2Hg.H4O7P2/c;;1-8(2,3)7-9(4,5)6/h;;(H2,1,2,3)(H2,4,5,6)/q2*+2;/p-4. The van der Waals surface area contributed by atoms with Crippen LogP contribution in [-0.4, -0.2) is 0 Å². The molecule has 0 amide bonds. The van der Waals surface area contributed by atoms with Gasteiger partial charge in [-0.05, 0) is 0 Å². The second kappa shape index (κ2) is 6.56. The largest absolute Gasteiger partial charge is 2.00 e. The normalized spacial score (nSPS) is 11.3. The van der Waals surface area contributed by atoms with Crippen molar-refractivity contribution in [3.8, 4) is 0 Å². The third-order valence-corrected chi connectivity index (χ3v) is 1.80. The summed E-state index contributed by atoms with van der Waals surface area (Å²) < 4.78 is 21.2. The van der Waals surface area contributed by atoms with Gasteiger partial charge in [0, 0.05) is 0 Å². The van der Waals surface area contributed by atoms with Crippen LogP contribution in [0.5, 0.6) is 0 Å². The van der Waals surface area contributed by atoms with Gasteiger partial charge in [0.1, 0.15) is 0 Å². The van der Waals surface area contributed by atoms with Gasteiger partial charge >= 0.3 is 55.3 Å². The first-order valence-corrected chi connectivity index (χ1v) is 4.38. The molecule has 0 bridgehead atoms. The van der Waals surface area contributed by atoms with Crippen molar-refractivity contribution in [2.45, 2.75) is 0 Å². The molecule has 0 heterocycles. The van der Waals surface area contributed by atoms with Crippen molar-refractivity contribution in [2.75, 3.05) is 0 Å². The molecule has 0 aliphatic heterocycles. The number of phosphoric acid groups is 2. The summed E-state index contributed by atoms with van der Waals surface area (Å²) in [6.07, 6.45) is 0. The molecule has 0 N–H and O–H groups in total. The number of hydrogen-bond donors (Lipinski definition) is 0. The molecule has 0 radical (unpaired) electrons. The van der Waals surface area contributed by atoms with Crippen molar-refractivity contribution in [1.29, 1.82) is 0 Å². The van der Waals surface area contributed by atoms with Gasteiger partial charge in [0.15, 0.2) is 0 Å². The molecule has 11 heavy (non-hydrogen) atoms. The van der Waals surface area contributed by atoms with Crippen LogP contribution in [0.25, 0.3) is 0 Å². The summed E-state index contributed by atoms with van der Waals surface area (Å²) >= 11 is 0. The monoisotopic (exact) mass is 578 g/mol. The third kappa shape index (κ3) is 18.8. The van der Waals surface area contributed by atoms with Crippen LogP contribution >= 0.6 is 15.6 Å². The Balaban J connectivity index is -0.000000320. The summed E-state index contributed by atoms with van der Waals surface area (Å²) in [6.45, 7) is 0. The first kappa shape index (κ1) is 18.8. The molecule has 0 atom stereocenters. The Morgan fingerprint density at radius 1 is 0.818 bits per heavy atom. The minimum Gasteiger partial charge on any atom is -0.790 e. The predicted molar refractivity (Wildman–Crippen MR) is 16.3 cm³/mol. The van der Waals surface area contributed by atoms with E-state index in [0.717, 1.165) is 0 Å². The predicted octanol–water partition coefficient (Wildman–Crippen LogP) is -3.34. The molecule has 0 saturated carbocycles. The van der Waals surface area contributed by atoms with Crippen LogP contribution in [0.15, 0.2) is 0 Å². The van der Waals surface area contributed by atoms with Crippen LogP contribution in [0.4, 0.5) is 0 Å². The average Bonchev–Trinajstić information content (AvgIpc) is 1.14. The number of hydrogen-bond acceptors (Lipinski definition) is 7. The molecule has 56 valence electrons. The van der Waals surface area contributed by atoms with Gasteiger partial charge in [-0.25, -0.2) is 0 Å². The molecule has 11 heteroatoms. The summed E-state index contributed by atoms with van der Waals surface area (Å²) in [5.41, 5.74) is 0. The van der Waals surface area contributed by atoms with Gasteiger partial charge < -0.3 is 33.0 Å². The quantitative estimate of drug-likeness (QED) is 0.248. The van der Waals surface area contributed by atoms with Crippen molar-refractivity contribution < 1.29 is 88.4 Å². The van der Waals surface area contributed by atoms with Gasteiger partial charge in [0.05, 0.1) is 15.6 Å². The van der Waals surface area contributed by atoms with E-state index in [1.807, 2.05) is 0 Å². The topological polar surface area (TPSA) is 136 Å². The maximum atomic E-state index is 9.32. The van der Waals surface area contributed by atoms with E-state index in [4.69, 9.17) is 0 Å². The molecule has 0 rings (SSSR count). The first-order valence-electron chi connectivity index (χ1n) is 1.46. The van der Waals surface area contributed by atoms with Crippen LogP contribution in [0, 0.1) is 0 Å². The van der Waals surface area contributed by atoms with Crippen molar-refractivity contribution in [3.05, 3.63) is 0 Å². The van der Waals surface area contributed by atoms with E-state index < -0.39 is 15.6 Å².